The van der Waals surface area contributed by atoms with E-state index in [0.29, 0.717) is 36.9 Å². The molecule has 3 aromatic heterocycles. The van der Waals surface area contributed by atoms with E-state index in [2.05, 4.69) is 19.8 Å². The summed E-state index contributed by atoms with van der Waals surface area (Å²) in [4.78, 5) is 24.6. The van der Waals surface area contributed by atoms with Gasteiger partial charge in [0, 0.05) is 24.7 Å². The van der Waals surface area contributed by atoms with Crippen molar-refractivity contribution in [3.8, 4) is 23.4 Å². The van der Waals surface area contributed by atoms with Crippen molar-refractivity contribution in [3.05, 3.63) is 94.3 Å². The second-order valence-corrected chi connectivity index (χ2v) is 13.9. The van der Waals surface area contributed by atoms with Crippen molar-refractivity contribution in [3.63, 3.8) is 0 Å². The van der Waals surface area contributed by atoms with Crippen LogP contribution in [0.2, 0.25) is 5.15 Å². The van der Waals surface area contributed by atoms with E-state index in [1.165, 1.54) is 12.3 Å². The first-order valence-corrected chi connectivity index (χ1v) is 18.0. The van der Waals surface area contributed by atoms with Gasteiger partial charge in [-0.3, -0.25) is 0 Å². The zero-order valence-corrected chi connectivity index (χ0v) is 31.1. The molecular weight excluding hydrogens is 704 g/mol. The first-order valence-electron chi connectivity index (χ1n) is 17.6. The lowest BCUT2D eigenvalue weighted by Crippen LogP contribution is -2.40. The van der Waals surface area contributed by atoms with Gasteiger partial charge in [-0.2, -0.15) is 15.0 Å². The number of likely N-dealkylation sites (N-methyl/N-ethyl adjacent to an activating group) is 1. The molecule has 278 valence electrons. The van der Waals surface area contributed by atoms with E-state index < -0.39 is 17.7 Å². The summed E-state index contributed by atoms with van der Waals surface area (Å²) in [7, 11) is 5.30. The minimum atomic E-state index is -0.805. The predicted molar refractivity (Wildman–Crippen MR) is 199 cm³/mol. The molecule has 0 amide bonds. The summed E-state index contributed by atoms with van der Waals surface area (Å²) in [5.74, 6) is 1.19. The molecule has 1 saturated heterocycles. The SMILES string of the molecule is COc1ccc(CN(Cc2ccc(OC)cc2)c2ncc(F)cc2[C@@H](C)N2c3nc(OC[C@H]4CCCN4C)nc4c(F)c(Cl)nc(c34)OC[C@@H]2C)cc1. The Labute approximate surface area is 312 Å². The molecule has 5 heterocycles. The van der Waals surface area contributed by atoms with Crippen LogP contribution in [0.1, 0.15) is 49.4 Å². The number of pyridine rings is 2. The van der Waals surface area contributed by atoms with Gasteiger partial charge in [-0.15, -0.1) is 0 Å². The second kappa shape index (κ2) is 15.5. The Bertz CT molecular complexity index is 2030. The average Bonchev–Trinajstić information content (AvgIpc) is 3.53. The minimum absolute atomic E-state index is 0.00412. The molecule has 14 heteroatoms. The predicted octanol–water partition coefficient (Wildman–Crippen LogP) is 7.40. The normalized spacial score (nSPS) is 17.7. The highest BCUT2D eigenvalue weighted by Crippen LogP contribution is 2.43. The number of methoxy groups -OCH3 is 2. The Kier molecular flexibility index (Phi) is 10.7. The smallest absolute Gasteiger partial charge is 0.319 e. The number of aromatic nitrogens is 4. The molecule has 2 aliphatic heterocycles. The van der Waals surface area contributed by atoms with Crippen molar-refractivity contribution in [2.45, 2.75) is 57.9 Å². The number of likely N-dealkylation sites (tertiary alicyclic amines) is 1. The molecule has 0 bridgehead atoms. The van der Waals surface area contributed by atoms with Gasteiger partial charge in [0.2, 0.25) is 5.88 Å². The summed E-state index contributed by atoms with van der Waals surface area (Å²) in [6, 6.07) is 16.4. The highest BCUT2D eigenvalue weighted by Gasteiger charge is 2.35. The molecule has 0 aliphatic carbocycles. The second-order valence-electron chi connectivity index (χ2n) is 13.5. The number of hydrogen-bond donors (Lipinski definition) is 0. The fraction of sp³-hybridized carbons (Fsp3) is 0.385. The maximum atomic E-state index is 15.8. The molecule has 0 N–H and O–H groups in total. The highest BCUT2D eigenvalue weighted by atomic mass is 35.5. The lowest BCUT2D eigenvalue weighted by atomic mass is 10.0. The average molecular weight is 746 g/mol. The third kappa shape index (κ3) is 7.58. The Morgan fingerprint density at radius 2 is 1.64 bits per heavy atom. The van der Waals surface area contributed by atoms with Crippen LogP contribution in [-0.4, -0.2) is 77.9 Å². The lowest BCUT2D eigenvalue weighted by Gasteiger charge is -2.37. The summed E-state index contributed by atoms with van der Waals surface area (Å²) in [5.41, 5.74) is 2.52. The zero-order valence-electron chi connectivity index (χ0n) is 30.4. The van der Waals surface area contributed by atoms with E-state index in [4.69, 9.17) is 40.5 Å². The van der Waals surface area contributed by atoms with Gasteiger partial charge in [-0.05, 0) is 81.7 Å². The first-order chi connectivity index (χ1) is 25.6. The van der Waals surface area contributed by atoms with E-state index in [0.717, 1.165) is 42.0 Å². The van der Waals surface area contributed by atoms with E-state index in [1.54, 1.807) is 14.2 Å². The summed E-state index contributed by atoms with van der Waals surface area (Å²) >= 11 is 6.27. The van der Waals surface area contributed by atoms with Crippen LogP contribution in [0.5, 0.6) is 23.4 Å². The quantitative estimate of drug-likeness (QED) is 0.120. The number of halogens is 3. The maximum absolute atomic E-state index is 15.8. The van der Waals surface area contributed by atoms with Gasteiger partial charge in [-0.25, -0.2) is 13.8 Å². The summed E-state index contributed by atoms with van der Waals surface area (Å²) in [5, 5.41) is -0.107. The van der Waals surface area contributed by atoms with Crippen LogP contribution in [0, 0.1) is 11.6 Å². The molecule has 0 unspecified atom stereocenters. The van der Waals surface area contributed by atoms with Crippen molar-refractivity contribution >= 4 is 34.1 Å². The van der Waals surface area contributed by atoms with Gasteiger partial charge in [-0.1, -0.05) is 35.9 Å². The Morgan fingerprint density at radius 1 is 0.981 bits per heavy atom. The van der Waals surface area contributed by atoms with Gasteiger partial charge >= 0.3 is 6.01 Å². The Balaban J connectivity index is 1.33. The molecule has 2 aromatic carbocycles. The zero-order chi connectivity index (χ0) is 37.2. The molecule has 0 radical (unpaired) electrons. The van der Waals surface area contributed by atoms with Crippen LogP contribution in [0.25, 0.3) is 10.9 Å². The number of rotatable bonds is 12. The minimum Gasteiger partial charge on any atom is -0.497 e. The largest absolute Gasteiger partial charge is 0.497 e. The van der Waals surface area contributed by atoms with Gasteiger partial charge in [0.15, 0.2) is 11.0 Å². The molecule has 11 nitrogen and oxygen atoms in total. The summed E-state index contributed by atoms with van der Waals surface area (Å²) < 4.78 is 54.3. The van der Waals surface area contributed by atoms with Crippen molar-refractivity contribution in [1.29, 1.82) is 0 Å². The third-order valence-corrected chi connectivity index (χ3v) is 10.3. The third-order valence-electron chi connectivity index (χ3n) is 10.0. The fourth-order valence-corrected chi connectivity index (χ4v) is 7.29. The number of ether oxygens (including phenoxy) is 4. The van der Waals surface area contributed by atoms with Gasteiger partial charge in [0.05, 0.1) is 32.5 Å². The van der Waals surface area contributed by atoms with Crippen molar-refractivity contribution < 1.29 is 27.7 Å². The van der Waals surface area contributed by atoms with E-state index in [1.807, 2.05) is 74.3 Å². The topological polar surface area (TPSA) is 98.2 Å². The highest BCUT2D eigenvalue weighted by molar-refractivity contribution is 6.30. The van der Waals surface area contributed by atoms with Gasteiger partial charge in [0.1, 0.15) is 53.1 Å². The first kappa shape index (κ1) is 36.4. The number of hydrogen-bond acceptors (Lipinski definition) is 11. The molecule has 2 aliphatic rings. The van der Waals surface area contributed by atoms with Crippen LogP contribution in [-0.2, 0) is 13.1 Å². The van der Waals surface area contributed by atoms with E-state index in [9.17, 15) is 0 Å². The van der Waals surface area contributed by atoms with Crippen molar-refractivity contribution in [1.82, 2.24) is 24.8 Å². The van der Waals surface area contributed by atoms with Crippen LogP contribution >= 0.6 is 11.6 Å². The van der Waals surface area contributed by atoms with Crippen LogP contribution in [0.3, 0.4) is 0 Å². The lowest BCUT2D eigenvalue weighted by molar-refractivity contribution is 0.188. The summed E-state index contributed by atoms with van der Waals surface area (Å²) in [6.07, 6.45) is 3.25. The standard InChI is InChI=1S/C39H42ClF2N7O4/c1-23-21-52-38-32-34(33(42)35(40)45-38)44-39(53-22-28-7-6-16-47(28)3)46-37(32)49(23)24(2)31-17-27(41)18-43-36(31)48(19-25-8-12-29(50-4)13-9-25)20-26-10-14-30(51-5)15-11-26/h8-15,17-18,23-24,28H,6-7,16,19-22H2,1-5H3/t23-,24+,28+/m0/s1. The molecule has 3 atom stereocenters. The Morgan fingerprint density at radius 3 is 2.25 bits per heavy atom. The van der Waals surface area contributed by atoms with Crippen LogP contribution < -0.4 is 28.7 Å². The summed E-state index contributed by atoms with van der Waals surface area (Å²) in [6.45, 7) is 6.27. The fourth-order valence-electron chi connectivity index (χ4n) is 7.12. The van der Waals surface area contributed by atoms with Crippen molar-refractivity contribution in [2.24, 2.45) is 0 Å². The molecule has 5 aromatic rings. The number of benzene rings is 2. The number of nitrogens with zero attached hydrogens (tertiary/aromatic N) is 7. The van der Waals surface area contributed by atoms with E-state index >= 15 is 8.78 Å². The Hall–Kier alpha value is -5.01. The molecule has 53 heavy (non-hydrogen) atoms. The maximum Gasteiger partial charge on any atom is 0.319 e. The molecule has 0 spiro atoms. The molecule has 1 fully saturated rings. The molecule has 0 saturated carbocycles. The molecular formula is C39H42ClF2N7O4. The number of anilines is 2. The molecule has 7 rings (SSSR count). The van der Waals surface area contributed by atoms with Crippen LogP contribution in [0.4, 0.5) is 20.4 Å². The van der Waals surface area contributed by atoms with Crippen molar-refractivity contribution in [2.75, 3.05) is 50.8 Å². The van der Waals surface area contributed by atoms with Gasteiger partial charge < -0.3 is 33.6 Å². The van der Waals surface area contributed by atoms with Gasteiger partial charge in [0.25, 0.3) is 0 Å². The van der Waals surface area contributed by atoms with Crippen LogP contribution in [0.15, 0.2) is 60.8 Å². The monoisotopic (exact) mass is 745 g/mol. The van der Waals surface area contributed by atoms with E-state index in [-0.39, 0.29) is 46.6 Å².